The van der Waals surface area contributed by atoms with Crippen molar-refractivity contribution in [3.8, 4) is 11.8 Å². The molecule has 0 aliphatic heterocycles. The number of hydrogen-bond acceptors (Lipinski definition) is 3. The van der Waals surface area contributed by atoms with Gasteiger partial charge in [0.05, 0.1) is 18.6 Å². The molecule has 0 amide bonds. The maximum atomic E-state index is 8.94. The maximum Gasteiger partial charge on any atom is 0.119 e. The van der Waals surface area contributed by atoms with Gasteiger partial charge in [-0.1, -0.05) is 6.92 Å². The summed E-state index contributed by atoms with van der Waals surface area (Å²) in [4.78, 5) is 2.10. The lowest BCUT2D eigenvalue weighted by Crippen LogP contribution is -2.24. The summed E-state index contributed by atoms with van der Waals surface area (Å²) in [5, 5.41) is 8.94. The fraction of sp³-hybridized carbons (Fsp3) is 0.500. The monoisotopic (exact) mass is 232 g/mol. The molecule has 0 spiro atoms. The third-order valence-electron chi connectivity index (χ3n) is 2.76. The number of benzene rings is 1. The van der Waals surface area contributed by atoms with Crippen LogP contribution in [0.2, 0.25) is 0 Å². The van der Waals surface area contributed by atoms with Crippen molar-refractivity contribution < 1.29 is 4.74 Å². The van der Waals surface area contributed by atoms with Crippen LogP contribution in [-0.2, 0) is 0 Å². The van der Waals surface area contributed by atoms with E-state index in [0.717, 1.165) is 24.4 Å². The Kier molecular flexibility index (Phi) is 5.35. The van der Waals surface area contributed by atoms with Crippen molar-refractivity contribution in [3.05, 3.63) is 24.3 Å². The molecule has 0 fully saturated rings. The first-order valence-electron chi connectivity index (χ1n) is 6.04. The van der Waals surface area contributed by atoms with Gasteiger partial charge in [0.25, 0.3) is 0 Å². The summed E-state index contributed by atoms with van der Waals surface area (Å²) in [6.45, 7) is 5.46. The number of ether oxygens (including phenoxy) is 1. The van der Waals surface area contributed by atoms with E-state index in [2.05, 4.69) is 11.0 Å². The Bertz CT molecular complexity index is 367. The van der Waals surface area contributed by atoms with Crippen LogP contribution in [0.5, 0.6) is 5.75 Å². The number of rotatable bonds is 6. The number of nitriles is 1. The minimum atomic E-state index is 0.0894. The van der Waals surface area contributed by atoms with Gasteiger partial charge in [0.1, 0.15) is 5.75 Å². The highest BCUT2D eigenvalue weighted by molar-refractivity contribution is 5.48. The molecule has 0 saturated carbocycles. The first kappa shape index (κ1) is 13.4. The molecule has 0 aliphatic carbocycles. The molecule has 0 saturated heterocycles. The van der Waals surface area contributed by atoms with Gasteiger partial charge in [0, 0.05) is 19.3 Å². The number of nitrogens with zero attached hydrogens (tertiary/aromatic N) is 2. The minimum absolute atomic E-state index is 0.0894. The van der Waals surface area contributed by atoms with Crippen LogP contribution < -0.4 is 9.64 Å². The summed E-state index contributed by atoms with van der Waals surface area (Å²) in [6.07, 6.45) is 0.887. The summed E-state index contributed by atoms with van der Waals surface area (Å²) in [6, 6.07) is 10.3. The quantitative estimate of drug-likeness (QED) is 0.756. The van der Waals surface area contributed by atoms with Gasteiger partial charge in [-0.15, -0.1) is 0 Å². The molecule has 92 valence electrons. The van der Waals surface area contributed by atoms with Crippen molar-refractivity contribution in [2.75, 3.05) is 25.1 Å². The summed E-state index contributed by atoms with van der Waals surface area (Å²) in [5.74, 6) is 0.976. The zero-order chi connectivity index (χ0) is 12.7. The van der Waals surface area contributed by atoms with E-state index in [1.807, 2.05) is 45.2 Å². The van der Waals surface area contributed by atoms with Crippen LogP contribution in [0.1, 0.15) is 20.3 Å². The largest absolute Gasteiger partial charge is 0.494 e. The third-order valence-corrected chi connectivity index (χ3v) is 2.76. The van der Waals surface area contributed by atoms with Crippen LogP contribution >= 0.6 is 0 Å². The maximum absolute atomic E-state index is 8.94. The van der Waals surface area contributed by atoms with Crippen LogP contribution in [0.3, 0.4) is 0 Å². The molecule has 0 radical (unpaired) electrons. The Balaban J connectivity index is 2.63. The van der Waals surface area contributed by atoms with Crippen LogP contribution in [0.25, 0.3) is 0 Å². The topological polar surface area (TPSA) is 36.3 Å². The lowest BCUT2D eigenvalue weighted by atomic mass is 10.1. The summed E-state index contributed by atoms with van der Waals surface area (Å²) in [5.41, 5.74) is 1.11. The lowest BCUT2D eigenvalue weighted by molar-refractivity contribution is 0.340. The molecule has 0 heterocycles. The minimum Gasteiger partial charge on any atom is -0.494 e. The van der Waals surface area contributed by atoms with Gasteiger partial charge >= 0.3 is 0 Å². The van der Waals surface area contributed by atoms with Crippen LogP contribution in [0.4, 0.5) is 5.69 Å². The summed E-state index contributed by atoms with van der Waals surface area (Å²) < 4.78 is 5.39. The van der Waals surface area contributed by atoms with E-state index >= 15 is 0 Å². The third kappa shape index (κ3) is 3.99. The van der Waals surface area contributed by atoms with Gasteiger partial charge in [-0.3, -0.25) is 0 Å². The van der Waals surface area contributed by atoms with Crippen molar-refractivity contribution in [1.29, 1.82) is 5.26 Å². The van der Waals surface area contributed by atoms with Crippen molar-refractivity contribution in [1.82, 2.24) is 0 Å². The van der Waals surface area contributed by atoms with Crippen LogP contribution in [0, 0.1) is 17.2 Å². The molecule has 1 unspecified atom stereocenters. The van der Waals surface area contributed by atoms with E-state index in [4.69, 9.17) is 10.00 Å². The molecular weight excluding hydrogens is 212 g/mol. The normalized spacial score (nSPS) is 11.6. The van der Waals surface area contributed by atoms with Gasteiger partial charge in [0.2, 0.25) is 0 Å². The van der Waals surface area contributed by atoms with E-state index in [-0.39, 0.29) is 5.92 Å². The average Bonchev–Trinajstić information content (AvgIpc) is 2.37. The standard InChI is InChI=1S/C14H20N2O/c1-4-12(10-15)11-16(3)13-6-8-14(9-7-13)17-5-2/h6-9,12H,4-5,11H2,1-3H3. The average molecular weight is 232 g/mol. The smallest absolute Gasteiger partial charge is 0.119 e. The first-order chi connectivity index (χ1) is 8.21. The van der Waals surface area contributed by atoms with E-state index in [1.54, 1.807) is 0 Å². The van der Waals surface area contributed by atoms with E-state index in [0.29, 0.717) is 6.61 Å². The fourth-order valence-corrected chi connectivity index (χ4v) is 1.66. The molecule has 1 rings (SSSR count). The SMILES string of the molecule is CCOc1ccc(N(C)CC(C#N)CC)cc1. The lowest BCUT2D eigenvalue weighted by Gasteiger charge is -2.21. The van der Waals surface area contributed by atoms with E-state index < -0.39 is 0 Å². The Morgan fingerprint density at radius 2 is 1.94 bits per heavy atom. The molecular formula is C14H20N2O. The predicted octanol–water partition coefficient (Wildman–Crippen LogP) is 3.07. The van der Waals surface area contributed by atoms with E-state index in [1.165, 1.54) is 0 Å². The van der Waals surface area contributed by atoms with Crippen LogP contribution in [-0.4, -0.2) is 20.2 Å². The molecule has 0 aliphatic rings. The Morgan fingerprint density at radius 1 is 1.29 bits per heavy atom. The molecule has 3 nitrogen and oxygen atoms in total. The second kappa shape index (κ2) is 6.80. The number of hydrogen-bond donors (Lipinski definition) is 0. The van der Waals surface area contributed by atoms with Crippen molar-refractivity contribution in [2.24, 2.45) is 5.92 Å². The van der Waals surface area contributed by atoms with Gasteiger partial charge in [-0.25, -0.2) is 0 Å². The second-order valence-corrected chi connectivity index (χ2v) is 4.04. The van der Waals surface area contributed by atoms with Gasteiger partial charge in [0.15, 0.2) is 0 Å². The number of anilines is 1. The van der Waals surface area contributed by atoms with Gasteiger partial charge in [-0.2, -0.15) is 5.26 Å². The van der Waals surface area contributed by atoms with Crippen molar-refractivity contribution in [2.45, 2.75) is 20.3 Å². The zero-order valence-electron chi connectivity index (χ0n) is 10.8. The first-order valence-corrected chi connectivity index (χ1v) is 6.04. The summed E-state index contributed by atoms with van der Waals surface area (Å²) >= 11 is 0. The summed E-state index contributed by atoms with van der Waals surface area (Å²) in [7, 11) is 2.01. The molecule has 1 atom stereocenters. The molecule has 17 heavy (non-hydrogen) atoms. The predicted molar refractivity (Wildman–Crippen MR) is 70.3 cm³/mol. The second-order valence-electron chi connectivity index (χ2n) is 4.04. The van der Waals surface area contributed by atoms with Crippen molar-refractivity contribution >= 4 is 5.69 Å². The Hall–Kier alpha value is -1.69. The highest BCUT2D eigenvalue weighted by Gasteiger charge is 2.09. The van der Waals surface area contributed by atoms with Crippen LogP contribution in [0.15, 0.2) is 24.3 Å². The van der Waals surface area contributed by atoms with Crippen molar-refractivity contribution in [3.63, 3.8) is 0 Å². The fourth-order valence-electron chi connectivity index (χ4n) is 1.66. The molecule has 1 aromatic rings. The molecule has 0 bridgehead atoms. The zero-order valence-corrected chi connectivity index (χ0v) is 10.8. The van der Waals surface area contributed by atoms with Gasteiger partial charge in [-0.05, 0) is 37.6 Å². The molecule has 3 heteroatoms. The van der Waals surface area contributed by atoms with E-state index in [9.17, 15) is 0 Å². The molecule has 0 aromatic heterocycles. The Morgan fingerprint density at radius 3 is 2.41 bits per heavy atom. The Labute approximate surface area is 104 Å². The van der Waals surface area contributed by atoms with Gasteiger partial charge < -0.3 is 9.64 Å². The molecule has 0 N–H and O–H groups in total. The highest BCUT2D eigenvalue weighted by Crippen LogP contribution is 2.19. The highest BCUT2D eigenvalue weighted by atomic mass is 16.5. The molecule has 1 aromatic carbocycles.